The van der Waals surface area contributed by atoms with Crippen molar-refractivity contribution in [2.75, 3.05) is 24.4 Å². The largest absolute Gasteiger partial charge is 0.493 e. The van der Waals surface area contributed by atoms with E-state index < -0.39 is 0 Å². The topological polar surface area (TPSA) is 18.5 Å². The van der Waals surface area contributed by atoms with E-state index in [-0.39, 0.29) is 5.41 Å². The Kier molecular flexibility index (Phi) is 7.22. The molecule has 0 atom stereocenters. The van der Waals surface area contributed by atoms with E-state index in [4.69, 9.17) is 9.47 Å². The van der Waals surface area contributed by atoms with E-state index in [1.54, 1.807) is 7.11 Å². The predicted octanol–water partition coefficient (Wildman–Crippen LogP) is 4.90. The third-order valence-electron chi connectivity index (χ3n) is 3.68. The maximum atomic E-state index is 5.87. The van der Waals surface area contributed by atoms with Gasteiger partial charge < -0.3 is 9.47 Å². The van der Waals surface area contributed by atoms with Crippen LogP contribution in [0, 0.1) is 11.3 Å². The minimum absolute atomic E-state index is 0.224. The average Bonchev–Trinajstić information content (AvgIpc) is 2.44. The minimum Gasteiger partial charge on any atom is -0.493 e. The molecule has 0 heterocycles. The van der Waals surface area contributed by atoms with Crippen LogP contribution in [-0.2, 0) is 0 Å². The number of rotatable bonds is 8. The van der Waals surface area contributed by atoms with Crippen LogP contribution in [0.5, 0.6) is 11.5 Å². The van der Waals surface area contributed by atoms with Gasteiger partial charge in [-0.15, -0.1) is 0 Å². The van der Waals surface area contributed by atoms with Crippen molar-refractivity contribution in [2.24, 2.45) is 11.3 Å². The molecule has 0 saturated heterocycles. The van der Waals surface area contributed by atoms with Crippen LogP contribution in [0.4, 0.5) is 0 Å². The second-order valence-corrected chi connectivity index (χ2v) is 6.16. The van der Waals surface area contributed by atoms with Crippen LogP contribution in [0.3, 0.4) is 0 Å². The molecule has 4 heteroatoms. The first-order valence-electron chi connectivity index (χ1n) is 6.47. The van der Waals surface area contributed by atoms with Gasteiger partial charge in [0.15, 0.2) is 11.5 Å². The molecule has 1 rings (SSSR count). The second kappa shape index (κ2) is 8.15. The fraction of sp³-hybridized carbons (Fsp3) is 0.600. The van der Waals surface area contributed by atoms with Gasteiger partial charge in [-0.2, -0.15) is 0 Å². The zero-order valence-corrected chi connectivity index (χ0v) is 15.0. The Hall–Kier alpha value is -0.220. The first kappa shape index (κ1) is 16.8. The highest BCUT2D eigenvalue weighted by Gasteiger charge is 2.31. The Bertz CT molecular complexity index is 376. The second-order valence-electron chi connectivity index (χ2n) is 5.03. The molecule has 0 radical (unpaired) electrons. The fourth-order valence-corrected chi connectivity index (χ4v) is 4.65. The Morgan fingerprint density at radius 2 is 1.68 bits per heavy atom. The lowest BCUT2D eigenvalue weighted by atomic mass is 9.78. The third-order valence-corrected chi connectivity index (χ3v) is 5.92. The summed E-state index contributed by atoms with van der Waals surface area (Å²) in [5, 5.41) is 1.94. The van der Waals surface area contributed by atoms with Gasteiger partial charge in [-0.3, -0.25) is 0 Å². The van der Waals surface area contributed by atoms with Crippen LogP contribution in [0.25, 0.3) is 0 Å². The van der Waals surface area contributed by atoms with Crippen molar-refractivity contribution < 1.29 is 9.47 Å². The Labute approximate surface area is 133 Å². The Morgan fingerprint density at radius 1 is 1.11 bits per heavy atom. The van der Waals surface area contributed by atoms with Crippen molar-refractivity contribution in [3.63, 3.8) is 0 Å². The van der Waals surface area contributed by atoms with Gasteiger partial charge in [-0.05, 0) is 29.9 Å². The Morgan fingerprint density at radius 3 is 2.16 bits per heavy atom. The van der Waals surface area contributed by atoms with Crippen molar-refractivity contribution in [3.8, 4) is 11.5 Å². The van der Waals surface area contributed by atoms with E-state index in [1.165, 1.54) is 0 Å². The normalized spacial score (nSPS) is 11.7. The molecule has 0 unspecified atom stereocenters. The molecule has 0 N–H and O–H groups in total. The summed E-state index contributed by atoms with van der Waals surface area (Å²) < 4.78 is 11.2. The number of hydrogen-bond donors (Lipinski definition) is 0. The van der Waals surface area contributed by atoms with E-state index in [0.29, 0.717) is 12.5 Å². The van der Waals surface area contributed by atoms with E-state index in [2.05, 4.69) is 45.7 Å². The molecule has 0 fully saturated rings. The summed E-state index contributed by atoms with van der Waals surface area (Å²) in [5.41, 5.74) is 0.224. The van der Waals surface area contributed by atoms with Gasteiger partial charge in [0.25, 0.3) is 0 Å². The quantitative estimate of drug-likeness (QED) is 0.585. The Balaban J connectivity index is 2.62. The molecule has 0 amide bonds. The van der Waals surface area contributed by atoms with Gasteiger partial charge >= 0.3 is 0 Å². The summed E-state index contributed by atoms with van der Waals surface area (Å²) in [7, 11) is 1.66. The standard InChI is InChI=1S/C15H22Br2O2/c1-12(2)15(10-16,11-17)8-9-19-14-7-5-4-6-13(14)18-3/h4-7,12H,8-11H2,1-3H3. The van der Waals surface area contributed by atoms with E-state index in [1.807, 2.05) is 24.3 Å². The zero-order chi connectivity index (χ0) is 14.3. The number of ether oxygens (including phenoxy) is 2. The van der Waals surface area contributed by atoms with Crippen LogP contribution >= 0.6 is 31.9 Å². The van der Waals surface area contributed by atoms with Crippen LogP contribution in [-0.4, -0.2) is 24.4 Å². The highest BCUT2D eigenvalue weighted by atomic mass is 79.9. The van der Waals surface area contributed by atoms with Crippen LogP contribution < -0.4 is 9.47 Å². The minimum atomic E-state index is 0.224. The molecule has 0 aliphatic carbocycles. The number of halogens is 2. The highest BCUT2D eigenvalue weighted by Crippen LogP contribution is 2.36. The summed E-state index contributed by atoms with van der Waals surface area (Å²) in [5.74, 6) is 2.19. The molecular formula is C15H22Br2O2. The third kappa shape index (κ3) is 4.38. The first-order chi connectivity index (χ1) is 9.09. The average molecular weight is 394 g/mol. The van der Waals surface area contributed by atoms with Crippen molar-refractivity contribution >= 4 is 31.9 Å². The van der Waals surface area contributed by atoms with E-state index >= 15 is 0 Å². The fourth-order valence-electron chi connectivity index (χ4n) is 1.87. The SMILES string of the molecule is COc1ccccc1OCCC(CBr)(CBr)C(C)C. The lowest BCUT2D eigenvalue weighted by molar-refractivity contribution is 0.184. The van der Waals surface area contributed by atoms with Crippen LogP contribution in [0.15, 0.2) is 24.3 Å². The predicted molar refractivity (Wildman–Crippen MR) is 88.0 cm³/mol. The highest BCUT2D eigenvalue weighted by molar-refractivity contribution is 9.09. The summed E-state index contributed by atoms with van der Waals surface area (Å²) >= 11 is 7.28. The number of para-hydroxylation sites is 2. The molecule has 1 aromatic rings. The van der Waals surface area contributed by atoms with E-state index in [0.717, 1.165) is 28.6 Å². The molecule has 2 nitrogen and oxygen atoms in total. The maximum absolute atomic E-state index is 5.87. The molecule has 0 aromatic heterocycles. The van der Waals surface area contributed by atoms with Crippen molar-refractivity contribution in [1.82, 2.24) is 0 Å². The van der Waals surface area contributed by atoms with Gasteiger partial charge in [-0.1, -0.05) is 57.8 Å². The summed E-state index contributed by atoms with van der Waals surface area (Å²) in [6.45, 7) is 5.20. The lowest BCUT2D eigenvalue weighted by Crippen LogP contribution is -2.33. The van der Waals surface area contributed by atoms with Gasteiger partial charge in [0.05, 0.1) is 13.7 Å². The molecular weight excluding hydrogens is 372 g/mol. The monoisotopic (exact) mass is 392 g/mol. The number of methoxy groups -OCH3 is 1. The molecule has 0 saturated carbocycles. The summed E-state index contributed by atoms with van der Waals surface area (Å²) in [4.78, 5) is 0. The van der Waals surface area contributed by atoms with Gasteiger partial charge in [0, 0.05) is 10.7 Å². The molecule has 0 bridgehead atoms. The van der Waals surface area contributed by atoms with Gasteiger partial charge in [-0.25, -0.2) is 0 Å². The molecule has 1 aromatic carbocycles. The summed E-state index contributed by atoms with van der Waals surface area (Å²) in [6, 6.07) is 7.77. The number of hydrogen-bond acceptors (Lipinski definition) is 2. The first-order valence-corrected chi connectivity index (χ1v) is 8.71. The van der Waals surface area contributed by atoms with Crippen LogP contribution in [0.2, 0.25) is 0 Å². The van der Waals surface area contributed by atoms with Crippen molar-refractivity contribution in [1.29, 1.82) is 0 Å². The zero-order valence-electron chi connectivity index (χ0n) is 11.8. The molecule has 0 aliphatic heterocycles. The number of alkyl halides is 2. The van der Waals surface area contributed by atoms with Gasteiger partial charge in [0.1, 0.15) is 0 Å². The molecule has 0 spiro atoms. The van der Waals surface area contributed by atoms with Crippen molar-refractivity contribution in [2.45, 2.75) is 20.3 Å². The number of benzene rings is 1. The van der Waals surface area contributed by atoms with Gasteiger partial charge in [0.2, 0.25) is 0 Å². The smallest absolute Gasteiger partial charge is 0.161 e. The molecule has 19 heavy (non-hydrogen) atoms. The molecule has 108 valence electrons. The van der Waals surface area contributed by atoms with Crippen molar-refractivity contribution in [3.05, 3.63) is 24.3 Å². The lowest BCUT2D eigenvalue weighted by Gasteiger charge is -2.34. The van der Waals surface area contributed by atoms with Crippen LogP contribution in [0.1, 0.15) is 20.3 Å². The molecule has 0 aliphatic rings. The van der Waals surface area contributed by atoms with E-state index in [9.17, 15) is 0 Å². The maximum Gasteiger partial charge on any atom is 0.161 e. The summed E-state index contributed by atoms with van der Waals surface area (Å²) in [6.07, 6.45) is 0.999.